The molecule has 0 bridgehead atoms. The first-order valence-corrected chi connectivity index (χ1v) is 4.66. The number of carboxylic acids is 1. The molecular weight excluding hydrogens is 170 g/mol. The Hall–Kier alpha value is -0.610. The van der Waals surface area contributed by atoms with Crippen molar-refractivity contribution in [3.05, 3.63) is 0 Å². The molecule has 4 heteroatoms. The molecule has 0 aromatic rings. The number of ether oxygens (including phenoxy) is 1. The predicted octanol–water partition coefficient (Wildman–Crippen LogP) is 0.605. The molecule has 0 spiro atoms. The van der Waals surface area contributed by atoms with Crippen LogP contribution in [0, 0.1) is 5.41 Å². The van der Waals surface area contributed by atoms with Crippen molar-refractivity contribution in [2.75, 3.05) is 13.2 Å². The molecule has 13 heavy (non-hydrogen) atoms. The second-order valence-corrected chi connectivity index (χ2v) is 3.75. The highest BCUT2D eigenvalue weighted by atomic mass is 16.5. The van der Waals surface area contributed by atoms with Crippen molar-refractivity contribution in [2.45, 2.75) is 32.2 Å². The topological polar surface area (TPSA) is 72.6 Å². The van der Waals surface area contributed by atoms with Crippen LogP contribution in [0.5, 0.6) is 0 Å². The minimum absolute atomic E-state index is 0.0638. The van der Waals surface area contributed by atoms with Gasteiger partial charge in [-0.25, -0.2) is 0 Å². The summed E-state index contributed by atoms with van der Waals surface area (Å²) < 4.78 is 5.24. The van der Waals surface area contributed by atoms with Crippen LogP contribution in [-0.4, -0.2) is 30.3 Å². The van der Waals surface area contributed by atoms with Crippen molar-refractivity contribution < 1.29 is 14.6 Å². The molecule has 76 valence electrons. The first kappa shape index (κ1) is 10.5. The zero-order valence-corrected chi connectivity index (χ0v) is 7.95. The predicted molar refractivity (Wildman–Crippen MR) is 48.4 cm³/mol. The summed E-state index contributed by atoms with van der Waals surface area (Å²) >= 11 is 0. The highest BCUT2D eigenvalue weighted by Crippen LogP contribution is 2.36. The maximum absolute atomic E-state index is 10.7. The average molecular weight is 187 g/mol. The maximum Gasteiger partial charge on any atom is 0.304 e. The van der Waals surface area contributed by atoms with Gasteiger partial charge in [-0.3, -0.25) is 4.79 Å². The maximum atomic E-state index is 10.7. The summed E-state index contributed by atoms with van der Waals surface area (Å²) in [5.41, 5.74) is 5.60. The third kappa shape index (κ3) is 2.19. The molecule has 1 heterocycles. The summed E-state index contributed by atoms with van der Waals surface area (Å²) in [4.78, 5) is 10.7. The summed E-state index contributed by atoms with van der Waals surface area (Å²) in [5, 5.41) is 8.77. The minimum atomic E-state index is -0.783. The number of aliphatic carboxylic acids is 1. The van der Waals surface area contributed by atoms with Gasteiger partial charge in [0.1, 0.15) is 0 Å². The molecule has 2 atom stereocenters. The van der Waals surface area contributed by atoms with Crippen molar-refractivity contribution in [1.82, 2.24) is 0 Å². The van der Waals surface area contributed by atoms with Crippen LogP contribution in [0.15, 0.2) is 0 Å². The molecule has 1 aliphatic heterocycles. The second kappa shape index (κ2) is 4.07. The van der Waals surface area contributed by atoms with Gasteiger partial charge in [0.15, 0.2) is 0 Å². The number of carboxylic acid groups (broad SMARTS) is 1. The monoisotopic (exact) mass is 187 g/mol. The largest absolute Gasteiger partial charge is 0.481 e. The molecule has 0 amide bonds. The van der Waals surface area contributed by atoms with E-state index in [2.05, 4.69) is 0 Å². The second-order valence-electron chi connectivity index (χ2n) is 3.75. The number of hydrogen-bond acceptors (Lipinski definition) is 3. The summed E-state index contributed by atoms with van der Waals surface area (Å²) in [6, 6.07) is -0.0638. The van der Waals surface area contributed by atoms with Gasteiger partial charge in [-0.15, -0.1) is 0 Å². The molecule has 0 aromatic carbocycles. The lowest BCUT2D eigenvalue weighted by Crippen LogP contribution is -2.43. The number of hydrogen-bond donors (Lipinski definition) is 2. The van der Waals surface area contributed by atoms with Gasteiger partial charge in [0.25, 0.3) is 0 Å². The van der Waals surface area contributed by atoms with Crippen LogP contribution >= 0.6 is 0 Å². The van der Waals surface area contributed by atoms with Gasteiger partial charge in [0, 0.05) is 18.1 Å². The van der Waals surface area contributed by atoms with Crippen molar-refractivity contribution in [1.29, 1.82) is 0 Å². The van der Waals surface area contributed by atoms with E-state index in [1.807, 2.05) is 6.92 Å². The molecule has 0 aromatic heterocycles. The smallest absolute Gasteiger partial charge is 0.304 e. The van der Waals surface area contributed by atoms with Crippen molar-refractivity contribution in [3.63, 3.8) is 0 Å². The fourth-order valence-electron chi connectivity index (χ4n) is 1.92. The Morgan fingerprint density at radius 2 is 2.46 bits per heavy atom. The van der Waals surface area contributed by atoms with Crippen LogP contribution in [0.1, 0.15) is 26.2 Å². The van der Waals surface area contributed by atoms with E-state index in [9.17, 15) is 4.79 Å². The first-order chi connectivity index (χ1) is 6.10. The molecule has 4 nitrogen and oxygen atoms in total. The Bertz CT molecular complexity index is 187. The molecule has 3 N–H and O–H groups in total. The third-order valence-electron chi connectivity index (χ3n) is 2.86. The molecule has 1 aliphatic rings. The van der Waals surface area contributed by atoms with E-state index in [0.29, 0.717) is 13.2 Å². The van der Waals surface area contributed by atoms with Gasteiger partial charge in [0.05, 0.1) is 13.0 Å². The van der Waals surface area contributed by atoms with Crippen molar-refractivity contribution in [3.8, 4) is 0 Å². The Balaban J connectivity index is 2.68. The molecular formula is C9H17NO3. The SMILES string of the molecule is CCC(N)C1(CC(=O)O)CCOC1. The molecule has 1 saturated heterocycles. The van der Waals surface area contributed by atoms with Crippen LogP contribution in [0.3, 0.4) is 0 Å². The fraction of sp³-hybridized carbons (Fsp3) is 0.889. The molecule has 0 radical (unpaired) electrons. The van der Waals surface area contributed by atoms with E-state index >= 15 is 0 Å². The van der Waals surface area contributed by atoms with Gasteiger partial charge in [-0.05, 0) is 12.8 Å². The lowest BCUT2D eigenvalue weighted by atomic mass is 9.76. The van der Waals surface area contributed by atoms with Gasteiger partial charge < -0.3 is 15.6 Å². The van der Waals surface area contributed by atoms with Crippen LogP contribution in [-0.2, 0) is 9.53 Å². The quantitative estimate of drug-likeness (QED) is 0.676. The average Bonchev–Trinajstić information content (AvgIpc) is 2.51. The Labute approximate surface area is 78.1 Å². The molecule has 0 aliphatic carbocycles. The van der Waals surface area contributed by atoms with E-state index in [1.54, 1.807) is 0 Å². The normalized spacial score (nSPS) is 30.3. The van der Waals surface area contributed by atoms with Crippen LogP contribution in [0.25, 0.3) is 0 Å². The summed E-state index contributed by atoms with van der Waals surface area (Å²) in [6.45, 7) is 3.11. The van der Waals surface area contributed by atoms with Gasteiger partial charge in [0.2, 0.25) is 0 Å². The van der Waals surface area contributed by atoms with Crippen molar-refractivity contribution >= 4 is 5.97 Å². The van der Waals surface area contributed by atoms with Crippen LogP contribution < -0.4 is 5.73 Å². The zero-order valence-electron chi connectivity index (χ0n) is 7.95. The van der Waals surface area contributed by atoms with Crippen LogP contribution in [0.2, 0.25) is 0 Å². The lowest BCUT2D eigenvalue weighted by Gasteiger charge is -2.31. The van der Waals surface area contributed by atoms with Crippen molar-refractivity contribution in [2.24, 2.45) is 11.1 Å². The van der Waals surface area contributed by atoms with Gasteiger partial charge in [-0.1, -0.05) is 6.92 Å². The Kier molecular flexibility index (Phi) is 3.27. The Morgan fingerprint density at radius 1 is 1.77 bits per heavy atom. The van der Waals surface area contributed by atoms with E-state index in [1.165, 1.54) is 0 Å². The van der Waals surface area contributed by atoms with E-state index in [0.717, 1.165) is 12.8 Å². The lowest BCUT2D eigenvalue weighted by molar-refractivity contribution is -0.140. The standard InChI is InChI=1S/C9H17NO3/c1-2-7(10)9(5-8(11)12)3-4-13-6-9/h7H,2-6,10H2,1H3,(H,11,12). The van der Waals surface area contributed by atoms with E-state index < -0.39 is 5.97 Å². The number of carbonyl (C=O) groups is 1. The summed E-state index contributed by atoms with van der Waals surface area (Å²) in [6.07, 6.45) is 1.70. The van der Waals surface area contributed by atoms with Crippen LogP contribution in [0.4, 0.5) is 0 Å². The third-order valence-corrected chi connectivity index (χ3v) is 2.86. The highest BCUT2D eigenvalue weighted by Gasteiger charge is 2.41. The zero-order chi connectivity index (χ0) is 9.90. The number of nitrogens with two attached hydrogens (primary N) is 1. The highest BCUT2D eigenvalue weighted by molar-refractivity contribution is 5.68. The summed E-state index contributed by atoms with van der Waals surface area (Å²) in [5.74, 6) is -0.783. The number of rotatable bonds is 4. The summed E-state index contributed by atoms with van der Waals surface area (Å²) in [7, 11) is 0. The van der Waals surface area contributed by atoms with Gasteiger partial charge >= 0.3 is 5.97 Å². The Morgan fingerprint density at radius 3 is 2.85 bits per heavy atom. The van der Waals surface area contributed by atoms with E-state index in [-0.39, 0.29) is 17.9 Å². The molecule has 2 unspecified atom stereocenters. The van der Waals surface area contributed by atoms with E-state index in [4.69, 9.17) is 15.6 Å². The molecule has 1 rings (SSSR count). The first-order valence-electron chi connectivity index (χ1n) is 4.66. The molecule has 1 fully saturated rings. The molecule has 0 saturated carbocycles. The van der Waals surface area contributed by atoms with Gasteiger partial charge in [-0.2, -0.15) is 0 Å². The fourth-order valence-corrected chi connectivity index (χ4v) is 1.92. The minimum Gasteiger partial charge on any atom is -0.481 e.